The van der Waals surface area contributed by atoms with E-state index in [4.69, 9.17) is 4.74 Å². The smallest absolute Gasteiger partial charge is 0.234 e. The molecule has 2 heterocycles. The molecular weight excluding hydrogens is 438 g/mol. The number of hydrogen-bond acceptors (Lipinski definition) is 8. The number of rotatable bonds is 8. The van der Waals surface area contributed by atoms with Gasteiger partial charge in [-0.2, -0.15) is 10.2 Å². The monoisotopic (exact) mass is 463 g/mol. The van der Waals surface area contributed by atoms with Gasteiger partial charge < -0.3 is 15.0 Å². The summed E-state index contributed by atoms with van der Waals surface area (Å²) < 4.78 is 7.64. The normalized spacial score (nSPS) is 16.3. The third-order valence-corrected chi connectivity index (χ3v) is 6.32. The summed E-state index contributed by atoms with van der Waals surface area (Å²) in [6.07, 6.45) is 2.26. The Morgan fingerprint density at radius 2 is 1.70 bits per heavy atom. The van der Waals surface area contributed by atoms with Crippen LogP contribution in [0.4, 0.5) is 23.0 Å². The maximum atomic E-state index is 12.5. The Kier molecular flexibility index (Phi) is 6.63. The Hall–Kier alpha value is -3.24. The predicted molar refractivity (Wildman–Crippen MR) is 128 cm³/mol. The molecule has 170 valence electrons. The number of carbonyl (C=O) groups excluding carboxylic acids is 1. The third-order valence-electron chi connectivity index (χ3n) is 5.37. The summed E-state index contributed by atoms with van der Waals surface area (Å²) in [5.74, 6) is 1.07. The largest absolute Gasteiger partial charge is 0.378 e. The zero-order valence-corrected chi connectivity index (χ0v) is 18.9. The second-order valence-electron chi connectivity index (χ2n) is 7.90. The summed E-state index contributed by atoms with van der Waals surface area (Å²) in [4.78, 5) is 14.7. The lowest BCUT2D eigenvalue weighted by Crippen LogP contribution is -2.38. The first-order valence-electron chi connectivity index (χ1n) is 11.0. The van der Waals surface area contributed by atoms with Crippen LogP contribution in [-0.2, 0) is 9.53 Å². The van der Waals surface area contributed by atoms with Gasteiger partial charge in [0, 0.05) is 24.8 Å². The van der Waals surface area contributed by atoms with Crippen LogP contribution in [0.3, 0.4) is 0 Å². The van der Waals surface area contributed by atoms with Crippen molar-refractivity contribution in [1.29, 1.82) is 0 Å². The Labute approximate surface area is 196 Å². The van der Waals surface area contributed by atoms with Gasteiger partial charge in [0.2, 0.25) is 11.9 Å². The molecule has 9 nitrogen and oxygen atoms in total. The summed E-state index contributed by atoms with van der Waals surface area (Å²) in [5, 5.41) is 21.0. The number of benzene rings is 2. The first kappa shape index (κ1) is 21.6. The van der Waals surface area contributed by atoms with Crippen LogP contribution in [0.15, 0.2) is 70.0 Å². The maximum Gasteiger partial charge on any atom is 0.234 e. The van der Waals surface area contributed by atoms with Crippen molar-refractivity contribution in [3.63, 3.8) is 0 Å². The Morgan fingerprint density at radius 1 is 1.00 bits per heavy atom. The van der Waals surface area contributed by atoms with Crippen molar-refractivity contribution < 1.29 is 9.53 Å². The zero-order chi connectivity index (χ0) is 22.5. The molecule has 2 fully saturated rings. The highest BCUT2D eigenvalue weighted by atomic mass is 32.2. The number of anilines is 2. The second-order valence-corrected chi connectivity index (χ2v) is 8.84. The lowest BCUT2D eigenvalue weighted by molar-refractivity contribution is -0.113. The fourth-order valence-corrected chi connectivity index (χ4v) is 4.35. The van der Waals surface area contributed by atoms with Crippen LogP contribution in [0, 0.1) is 0 Å². The number of azo groups is 1. The number of carbonyl (C=O) groups is 1. The third kappa shape index (κ3) is 5.58. The van der Waals surface area contributed by atoms with Gasteiger partial charge in [-0.15, -0.1) is 10.2 Å². The SMILES string of the molecule is O=C(CSc1nnc(N2CCOCC2)n1C1CC1)Nc1ccc(N=Nc2ccccc2)cc1. The van der Waals surface area contributed by atoms with Crippen LogP contribution in [0.5, 0.6) is 0 Å². The van der Waals surface area contributed by atoms with E-state index in [0.717, 1.165) is 54.1 Å². The molecule has 0 bridgehead atoms. The van der Waals surface area contributed by atoms with Crippen molar-refractivity contribution in [2.75, 3.05) is 42.3 Å². The van der Waals surface area contributed by atoms with Crippen molar-refractivity contribution >= 4 is 40.7 Å². The van der Waals surface area contributed by atoms with Crippen LogP contribution in [0.2, 0.25) is 0 Å². The molecule has 10 heteroatoms. The molecule has 0 atom stereocenters. The van der Waals surface area contributed by atoms with Crippen LogP contribution in [-0.4, -0.2) is 52.7 Å². The van der Waals surface area contributed by atoms with Crippen LogP contribution < -0.4 is 10.2 Å². The summed E-state index contributed by atoms with van der Waals surface area (Å²) in [7, 11) is 0. The number of morpholine rings is 1. The number of nitrogens with zero attached hydrogens (tertiary/aromatic N) is 6. The van der Waals surface area contributed by atoms with Crippen LogP contribution in [0.1, 0.15) is 18.9 Å². The molecule has 1 aromatic heterocycles. The first-order valence-corrected chi connectivity index (χ1v) is 12.0. The fourth-order valence-electron chi connectivity index (χ4n) is 3.55. The van der Waals surface area contributed by atoms with E-state index in [1.54, 1.807) is 0 Å². The molecule has 0 spiro atoms. The number of thioether (sulfide) groups is 1. The molecule has 1 N–H and O–H groups in total. The van der Waals surface area contributed by atoms with E-state index in [1.165, 1.54) is 11.8 Å². The van der Waals surface area contributed by atoms with Gasteiger partial charge in [-0.1, -0.05) is 30.0 Å². The molecule has 1 saturated carbocycles. The topological polar surface area (TPSA) is 97.0 Å². The van der Waals surface area contributed by atoms with Gasteiger partial charge in [0.1, 0.15) is 0 Å². The van der Waals surface area contributed by atoms with Gasteiger partial charge in [-0.25, -0.2) is 0 Å². The number of ether oxygens (including phenoxy) is 1. The molecule has 2 aromatic carbocycles. The average molecular weight is 464 g/mol. The Bertz CT molecular complexity index is 1110. The summed E-state index contributed by atoms with van der Waals surface area (Å²) in [6, 6.07) is 17.3. The van der Waals surface area contributed by atoms with Crippen molar-refractivity contribution in [2.45, 2.75) is 24.0 Å². The van der Waals surface area contributed by atoms with Gasteiger partial charge in [-0.3, -0.25) is 9.36 Å². The Balaban J connectivity index is 1.16. The highest BCUT2D eigenvalue weighted by molar-refractivity contribution is 7.99. The predicted octanol–water partition coefficient (Wildman–Crippen LogP) is 4.60. The summed E-state index contributed by atoms with van der Waals surface area (Å²) >= 11 is 1.42. The molecule has 2 aliphatic rings. The van der Waals surface area contributed by atoms with Crippen molar-refractivity contribution in [1.82, 2.24) is 14.8 Å². The van der Waals surface area contributed by atoms with E-state index < -0.39 is 0 Å². The quantitative estimate of drug-likeness (QED) is 0.387. The van der Waals surface area contributed by atoms with E-state index in [2.05, 4.69) is 35.2 Å². The van der Waals surface area contributed by atoms with Gasteiger partial charge in [0.25, 0.3) is 0 Å². The highest BCUT2D eigenvalue weighted by Crippen LogP contribution is 2.41. The lowest BCUT2D eigenvalue weighted by atomic mass is 10.3. The first-order chi connectivity index (χ1) is 16.3. The standard InChI is InChI=1S/C23H25N7O2S/c31-21(24-17-6-8-19(9-7-17)26-25-18-4-2-1-3-5-18)16-33-23-28-27-22(30(23)20-10-11-20)29-12-14-32-15-13-29/h1-9,20H,10-16H2,(H,24,31). The number of amides is 1. The molecule has 0 radical (unpaired) electrons. The minimum Gasteiger partial charge on any atom is -0.378 e. The maximum absolute atomic E-state index is 12.5. The fraction of sp³-hybridized carbons (Fsp3) is 0.348. The van der Waals surface area contributed by atoms with Crippen LogP contribution in [0.25, 0.3) is 0 Å². The van der Waals surface area contributed by atoms with E-state index in [1.807, 2.05) is 54.6 Å². The van der Waals surface area contributed by atoms with Gasteiger partial charge >= 0.3 is 0 Å². The highest BCUT2D eigenvalue weighted by Gasteiger charge is 2.32. The molecule has 0 unspecified atom stereocenters. The minimum absolute atomic E-state index is 0.0862. The van der Waals surface area contributed by atoms with E-state index in [9.17, 15) is 4.79 Å². The molecule has 5 rings (SSSR count). The zero-order valence-electron chi connectivity index (χ0n) is 18.1. The Morgan fingerprint density at radius 3 is 2.39 bits per heavy atom. The summed E-state index contributed by atoms with van der Waals surface area (Å²) in [6.45, 7) is 3.04. The van der Waals surface area contributed by atoms with E-state index in [0.29, 0.717) is 19.3 Å². The van der Waals surface area contributed by atoms with E-state index >= 15 is 0 Å². The van der Waals surface area contributed by atoms with Crippen molar-refractivity contribution in [3.8, 4) is 0 Å². The number of nitrogens with one attached hydrogen (secondary N) is 1. The molecule has 1 aliphatic heterocycles. The lowest BCUT2D eigenvalue weighted by Gasteiger charge is -2.27. The number of aromatic nitrogens is 3. The van der Waals surface area contributed by atoms with Crippen LogP contribution >= 0.6 is 11.8 Å². The minimum atomic E-state index is -0.0862. The molecular formula is C23H25N7O2S. The second kappa shape index (κ2) is 10.1. The molecule has 1 amide bonds. The average Bonchev–Trinajstić information content (AvgIpc) is 3.62. The van der Waals surface area contributed by atoms with E-state index in [-0.39, 0.29) is 11.7 Å². The summed E-state index contributed by atoms with van der Waals surface area (Å²) in [5.41, 5.74) is 2.24. The van der Waals surface area contributed by atoms with Gasteiger partial charge in [0.15, 0.2) is 5.16 Å². The van der Waals surface area contributed by atoms with Gasteiger partial charge in [0.05, 0.1) is 30.3 Å². The molecule has 1 aliphatic carbocycles. The molecule has 33 heavy (non-hydrogen) atoms. The van der Waals surface area contributed by atoms with Crippen molar-refractivity contribution in [3.05, 3.63) is 54.6 Å². The molecule has 1 saturated heterocycles. The molecule has 3 aromatic rings. The van der Waals surface area contributed by atoms with Crippen molar-refractivity contribution in [2.24, 2.45) is 10.2 Å². The number of hydrogen-bond donors (Lipinski definition) is 1. The van der Waals surface area contributed by atoms with Gasteiger partial charge in [-0.05, 0) is 49.2 Å².